The van der Waals surface area contributed by atoms with Gasteiger partial charge < -0.3 is 0 Å². The van der Waals surface area contributed by atoms with Gasteiger partial charge in [0.25, 0.3) is 0 Å². The van der Waals surface area contributed by atoms with E-state index in [1.54, 1.807) is 6.08 Å². The highest BCUT2D eigenvalue weighted by atomic mass is 16.1. The lowest BCUT2D eigenvalue weighted by Crippen LogP contribution is -2.43. The molecule has 0 N–H and O–H groups in total. The van der Waals surface area contributed by atoms with Crippen LogP contribution in [0.5, 0.6) is 0 Å². The summed E-state index contributed by atoms with van der Waals surface area (Å²) in [7, 11) is 0. The molecule has 1 nitrogen and oxygen atoms in total. The molecule has 0 aromatic carbocycles. The van der Waals surface area contributed by atoms with Crippen molar-refractivity contribution in [2.24, 2.45) is 17.3 Å². The number of hydrogen-bond acceptors (Lipinski definition) is 1. The molecule has 1 aliphatic carbocycles. The number of allylic oxidation sites excluding steroid dienone is 2. The number of carbonyl (C=O) groups is 1. The summed E-state index contributed by atoms with van der Waals surface area (Å²) in [5.74, 6) is 1.41. The third kappa shape index (κ3) is 1.33. The summed E-state index contributed by atoms with van der Waals surface area (Å²) in [5.41, 5.74) is 1.64. The molecule has 0 aromatic rings. The second-order valence-corrected chi connectivity index (χ2v) is 4.56. The van der Waals surface area contributed by atoms with Crippen molar-refractivity contribution in [3.8, 4) is 0 Å². The summed E-state index contributed by atoms with van der Waals surface area (Å²) >= 11 is 0. The van der Waals surface area contributed by atoms with Crippen molar-refractivity contribution >= 4 is 6.29 Å². The fourth-order valence-corrected chi connectivity index (χ4v) is 2.14. The Bertz CT molecular complexity index is 213. The van der Waals surface area contributed by atoms with Crippen LogP contribution < -0.4 is 0 Å². The average Bonchev–Trinajstić information content (AvgIpc) is 2.00. The number of rotatable bonds is 2. The van der Waals surface area contributed by atoms with E-state index in [-0.39, 0.29) is 0 Å². The van der Waals surface area contributed by atoms with Crippen molar-refractivity contribution in [2.75, 3.05) is 0 Å². The summed E-state index contributed by atoms with van der Waals surface area (Å²) in [6.07, 6.45) is 3.84. The van der Waals surface area contributed by atoms with Crippen LogP contribution in [0.25, 0.3) is 0 Å². The van der Waals surface area contributed by atoms with Gasteiger partial charge in [-0.25, -0.2) is 0 Å². The molecular weight excluding hydrogens is 148 g/mol. The van der Waals surface area contributed by atoms with Crippen LogP contribution in [0.4, 0.5) is 0 Å². The first-order valence-electron chi connectivity index (χ1n) is 4.62. The standard InChI is InChI=1S/C11H18O/c1-8(5-6-12)10-7-9(2)11(10,3)4/h5-6,9-10H,7H2,1-4H3. The average molecular weight is 166 g/mol. The van der Waals surface area contributed by atoms with Crippen LogP contribution in [-0.2, 0) is 4.79 Å². The van der Waals surface area contributed by atoms with Crippen molar-refractivity contribution < 1.29 is 4.79 Å². The molecule has 0 aliphatic heterocycles. The Hall–Kier alpha value is -0.590. The van der Waals surface area contributed by atoms with E-state index in [2.05, 4.69) is 27.7 Å². The Morgan fingerprint density at radius 3 is 2.42 bits per heavy atom. The van der Waals surface area contributed by atoms with Gasteiger partial charge >= 0.3 is 0 Å². The molecule has 12 heavy (non-hydrogen) atoms. The topological polar surface area (TPSA) is 17.1 Å². The minimum Gasteiger partial charge on any atom is -0.299 e. The maximum atomic E-state index is 10.3. The van der Waals surface area contributed by atoms with Crippen LogP contribution in [0.2, 0.25) is 0 Å². The largest absolute Gasteiger partial charge is 0.299 e. The third-order valence-corrected chi connectivity index (χ3v) is 3.64. The van der Waals surface area contributed by atoms with Gasteiger partial charge in [0.1, 0.15) is 6.29 Å². The van der Waals surface area contributed by atoms with Crippen molar-refractivity contribution in [2.45, 2.75) is 34.1 Å². The summed E-state index contributed by atoms with van der Waals surface area (Å²) in [6, 6.07) is 0. The quantitative estimate of drug-likeness (QED) is 0.455. The van der Waals surface area contributed by atoms with Crippen LogP contribution in [0.15, 0.2) is 11.6 Å². The normalized spacial score (nSPS) is 34.2. The highest BCUT2D eigenvalue weighted by molar-refractivity contribution is 5.66. The van der Waals surface area contributed by atoms with Crippen molar-refractivity contribution in [1.29, 1.82) is 0 Å². The zero-order chi connectivity index (χ0) is 9.35. The van der Waals surface area contributed by atoms with Gasteiger partial charge in [0.15, 0.2) is 0 Å². The first-order valence-corrected chi connectivity index (χ1v) is 4.62. The first-order chi connectivity index (χ1) is 5.50. The zero-order valence-corrected chi connectivity index (χ0v) is 8.42. The predicted molar refractivity (Wildman–Crippen MR) is 50.9 cm³/mol. The Morgan fingerprint density at radius 1 is 1.50 bits per heavy atom. The molecule has 1 fully saturated rings. The maximum absolute atomic E-state index is 10.3. The van der Waals surface area contributed by atoms with Crippen molar-refractivity contribution in [3.63, 3.8) is 0 Å². The van der Waals surface area contributed by atoms with E-state index >= 15 is 0 Å². The lowest BCUT2D eigenvalue weighted by Gasteiger charge is -2.51. The lowest BCUT2D eigenvalue weighted by atomic mass is 9.53. The molecule has 0 aromatic heterocycles. The molecule has 1 rings (SSSR count). The fraction of sp³-hybridized carbons (Fsp3) is 0.727. The highest BCUT2D eigenvalue weighted by Gasteiger charge is 2.45. The van der Waals surface area contributed by atoms with Gasteiger partial charge in [-0.1, -0.05) is 26.3 Å². The number of carbonyl (C=O) groups excluding carboxylic acids is 1. The van der Waals surface area contributed by atoms with Crippen LogP contribution in [0.3, 0.4) is 0 Å². The van der Waals surface area contributed by atoms with Gasteiger partial charge in [-0.2, -0.15) is 0 Å². The van der Waals surface area contributed by atoms with Crippen LogP contribution in [-0.4, -0.2) is 6.29 Å². The monoisotopic (exact) mass is 166 g/mol. The Balaban J connectivity index is 2.69. The molecule has 0 bridgehead atoms. The third-order valence-electron chi connectivity index (χ3n) is 3.64. The van der Waals surface area contributed by atoms with Gasteiger partial charge in [-0.3, -0.25) is 4.79 Å². The Labute approximate surface area is 74.9 Å². The van der Waals surface area contributed by atoms with E-state index in [9.17, 15) is 4.79 Å². The molecule has 0 amide bonds. The van der Waals surface area contributed by atoms with Crippen molar-refractivity contribution in [1.82, 2.24) is 0 Å². The molecular formula is C11H18O. The fourth-order valence-electron chi connectivity index (χ4n) is 2.14. The minimum absolute atomic E-state index is 0.392. The second-order valence-electron chi connectivity index (χ2n) is 4.56. The predicted octanol–water partition coefficient (Wildman–Crippen LogP) is 2.81. The second kappa shape index (κ2) is 3.04. The van der Waals surface area contributed by atoms with Gasteiger partial charge in [-0.05, 0) is 36.7 Å². The molecule has 1 saturated carbocycles. The SMILES string of the molecule is CC(=CC=O)C1CC(C)C1(C)C. The zero-order valence-electron chi connectivity index (χ0n) is 8.42. The molecule has 0 radical (unpaired) electrons. The molecule has 2 unspecified atom stereocenters. The maximum Gasteiger partial charge on any atom is 0.142 e. The van der Waals surface area contributed by atoms with E-state index in [1.165, 1.54) is 12.0 Å². The van der Waals surface area contributed by atoms with Crippen LogP contribution in [0, 0.1) is 17.3 Å². The molecule has 2 atom stereocenters. The number of hydrogen-bond donors (Lipinski definition) is 0. The van der Waals surface area contributed by atoms with Gasteiger partial charge in [0.05, 0.1) is 0 Å². The van der Waals surface area contributed by atoms with E-state index in [4.69, 9.17) is 0 Å². The Kier molecular flexibility index (Phi) is 2.41. The van der Waals surface area contributed by atoms with Gasteiger partial charge in [-0.15, -0.1) is 0 Å². The molecule has 0 heterocycles. The van der Waals surface area contributed by atoms with E-state index in [0.29, 0.717) is 11.3 Å². The molecule has 68 valence electrons. The highest BCUT2D eigenvalue weighted by Crippen LogP contribution is 2.53. The minimum atomic E-state index is 0.392. The first kappa shape index (κ1) is 9.50. The van der Waals surface area contributed by atoms with Gasteiger partial charge in [0, 0.05) is 0 Å². The van der Waals surface area contributed by atoms with E-state index < -0.39 is 0 Å². The van der Waals surface area contributed by atoms with Crippen molar-refractivity contribution in [3.05, 3.63) is 11.6 Å². The molecule has 0 saturated heterocycles. The van der Waals surface area contributed by atoms with E-state index in [0.717, 1.165) is 12.2 Å². The van der Waals surface area contributed by atoms with E-state index in [1.807, 2.05) is 0 Å². The smallest absolute Gasteiger partial charge is 0.142 e. The van der Waals surface area contributed by atoms with Crippen LogP contribution in [0.1, 0.15) is 34.1 Å². The summed E-state index contributed by atoms with van der Waals surface area (Å²) in [6.45, 7) is 8.92. The van der Waals surface area contributed by atoms with Crippen LogP contribution >= 0.6 is 0 Å². The molecule has 0 spiro atoms. The summed E-state index contributed by atoms with van der Waals surface area (Å²) < 4.78 is 0. The van der Waals surface area contributed by atoms with Gasteiger partial charge in [0.2, 0.25) is 0 Å². The Morgan fingerprint density at radius 2 is 2.08 bits per heavy atom. The summed E-state index contributed by atoms with van der Waals surface area (Å²) in [5, 5.41) is 0. The molecule has 1 aliphatic rings. The lowest BCUT2D eigenvalue weighted by molar-refractivity contribution is -0.104. The summed E-state index contributed by atoms with van der Waals surface area (Å²) in [4.78, 5) is 10.3. The number of aldehydes is 1. The molecule has 1 heteroatoms.